The van der Waals surface area contributed by atoms with Crippen molar-refractivity contribution in [1.29, 1.82) is 0 Å². The minimum Gasteiger partial charge on any atom is -0.361 e. The smallest absolute Gasteiger partial charge is 0.243 e. The molecule has 4 rings (SSSR count). The first-order valence-electron chi connectivity index (χ1n) is 15.4. The van der Waals surface area contributed by atoms with Crippen LogP contribution in [0.15, 0.2) is 65.8 Å². The van der Waals surface area contributed by atoms with Crippen LogP contribution < -0.4 is 16.0 Å². The lowest BCUT2D eigenvalue weighted by molar-refractivity contribution is -0.134. The van der Waals surface area contributed by atoms with Crippen molar-refractivity contribution < 1.29 is 23.9 Å². The summed E-state index contributed by atoms with van der Waals surface area (Å²) >= 11 is 0. The predicted octanol–water partition coefficient (Wildman–Crippen LogP) is 3.95. The summed E-state index contributed by atoms with van der Waals surface area (Å²) in [6.07, 6.45) is 5.89. The van der Waals surface area contributed by atoms with Gasteiger partial charge in [0.15, 0.2) is 5.78 Å². The molecule has 2 aromatic rings. The Morgan fingerprint density at radius 1 is 0.864 bits per heavy atom. The van der Waals surface area contributed by atoms with E-state index in [0.29, 0.717) is 13.0 Å². The van der Waals surface area contributed by atoms with E-state index in [1.54, 1.807) is 13.8 Å². The molecule has 11 heteroatoms. The molecule has 0 aromatic heterocycles. The molecule has 1 aliphatic heterocycles. The minimum atomic E-state index is -1.05. The number of carbonyl (C=O) groups excluding carboxylic acids is 4. The molecule has 1 aliphatic carbocycles. The summed E-state index contributed by atoms with van der Waals surface area (Å²) in [6, 6.07) is 14.7. The van der Waals surface area contributed by atoms with Crippen LogP contribution in [0.4, 0.5) is 0 Å². The van der Waals surface area contributed by atoms with Crippen LogP contribution in [0.3, 0.4) is 0 Å². The lowest BCUT2D eigenvalue weighted by Crippen LogP contribution is -2.57. The maximum Gasteiger partial charge on any atom is 0.243 e. The van der Waals surface area contributed by atoms with Gasteiger partial charge in [-0.2, -0.15) is 0 Å². The van der Waals surface area contributed by atoms with E-state index < -0.39 is 47.5 Å². The van der Waals surface area contributed by atoms with Crippen molar-refractivity contribution in [2.24, 2.45) is 11.0 Å². The van der Waals surface area contributed by atoms with E-state index in [0.717, 1.165) is 43.2 Å². The topological polar surface area (TPSA) is 166 Å². The highest BCUT2D eigenvalue weighted by molar-refractivity contribution is 5.98. The number of ether oxygens (including phenoxy) is 1. The van der Waals surface area contributed by atoms with E-state index in [-0.39, 0.29) is 24.5 Å². The zero-order valence-electron chi connectivity index (χ0n) is 25.4. The standard InChI is InChI=1S/C33H42N6O5/c1-22(29(40)33(2)21-44-33)35-30(41)26(18-23-12-6-3-7-13-23)36-31(42)27(19-24-14-8-4-9-15-24)37-32(43)28(38-39-34)20-25-16-10-5-11-17-25/h3,5-7,10-13,16-17,22,24,26-28H,4,8-9,14-15,18-21H2,1-2H3,(H,35,41)(H,36,42)(H,37,43)/t22-,26-,27-,28-,33+/m0/s1. The molecular weight excluding hydrogens is 560 g/mol. The van der Waals surface area contributed by atoms with Gasteiger partial charge in [-0.05, 0) is 49.3 Å². The van der Waals surface area contributed by atoms with E-state index in [2.05, 4.69) is 26.0 Å². The van der Waals surface area contributed by atoms with Gasteiger partial charge < -0.3 is 20.7 Å². The Labute approximate surface area is 258 Å². The van der Waals surface area contributed by atoms with Crippen molar-refractivity contribution in [3.05, 3.63) is 82.2 Å². The van der Waals surface area contributed by atoms with Crippen LogP contribution in [0.5, 0.6) is 0 Å². The van der Waals surface area contributed by atoms with Crippen LogP contribution in [-0.2, 0) is 36.8 Å². The Morgan fingerprint density at radius 2 is 1.41 bits per heavy atom. The van der Waals surface area contributed by atoms with Crippen LogP contribution in [0, 0.1) is 5.92 Å². The molecule has 0 radical (unpaired) electrons. The first kappa shape index (κ1) is 32.7. The number of epoxide rings is 1. The van der Waals surface area contributed by atoms with E-state index in [1.165, 1.54) is 0 Å². The summed E-state index contributed by atoms with van der Waals surface area (Å²) in [7, 11) is 0. The fourth-order valence-corrected chi connectivity index (χ4v) is 5.76. The average Bonchev–Trinajstić information content (AvgIpc) is 3.79. The van der Waals surface area contributed by atoms with Crippen molar-refractivity contribution >= 4 is 23.5 Å². The van der Waals surface area contributed by atoms with Gasteiger partial charge in [0.2, 0.25) is 17.7 Å². The monoisotopic (exact) mass is 602 g/mol. The molecular formula is C33H42N6O5. The summed E-state index contributed by atoms with van der Waals surface area (Å²) in [5, 5.41) is 12.2. The van der Waals surface area contributed by atoms with E-state index >= 15 is 0 Å². The van der Waals surface area contributed by atoms with Crippen LogP contribution in [0.1, 0.15) is 63.5 Å². The number of azide groups is 1. The van der Waals surface area contributed by atoms with Crippen molar-refractivity contribution in [3.63, 3.8) is 0 Å². The highest BCUT2D eigenvalue weighted by atomic mass is 16.6. The molecule has 0 unspecified atom stereocenters. The Bertz CT molecular complexity index is 1340. The summed E-state index contributed by atoms with van der Waals surface area (Å²) in [6.45, 7) is 3.59. The van der Waals surface area contributed by atoms with Crippen LogP contribution in [0.25, 0.3) is 10.4 Å². The number of ketones is 1. The van der Waals surface area contributed by atoms with E-state index in [4.69, 9.17) is 4.74 Å². The Kier molecular flexibility index (Phi) is 11.5. The van der Waals surface area contributed by atoms with E-state index in [1.807, 2.05) is 60.7 Å². The molecule has 1 heterocycles. The molecule has 234 valence electrons. The highest BCUT2D eigenvalue weighted by Crippen LogP contribution is 2.29. The maximum absolute atomic E-state index is 13.9. The largest absolute Gasteiger partial charge is 0.361 e. The minimum absolute atomic E-state index is 0.183. The van der Waals surface area contributed by atoms with Crippen molar-refractivity contribution in [3.8, 4) is 0 Å². The summed E-state index contributed by atoms with van der Waals surface area (Å²) in [4.78, 5) is 56.5. The predicted molar refractivity (Wildman–Crippen MR) is 165 cm³/mol. The number of benzene rings is 2. The molecule has 0 spiro atoms. The fraction of sp³-hybridized carbons (Fsp3) is 0.515. The average molecular weight is 603 g/mol. The number of carbonyl (C=O) groups is 4. The lowest BCUT2D eigenvalue weighted by Gasteiger charge is -2.29. The number of Topliss-reactive ketones (excluding diaryl/α,β-unsaturated/α-hetero) is 1. The molecule has 2 fully saturated rings. The molecule has 2 aliphatic rings. The second-order valence-corrected chi connectivity index (χ2v) is 12.1. The number of amides is 3. The maximum atomic E-state index is 13.9. The second kappa shape index (κ2) is 15.5. The SMILES string of the molecule is C[C@H](NC(=O)[C@H](Cc1ccccc1)NC(=O)[C@H](CC1CCCCC1)NC(=O)[C@H](Cc1ccccc1)N=[N+]=[N-])C(=O)[C@@]1(C)CO1. The van der Waals surface area contributed by atoms with Gasteiger partial charge in [-0.1, -0.05) is 97.9 Å². The van der Waals surface area contributed by atoms with Crippen molar-refractivity contribution in [2.45, 2.75) is 95.0 Å². The summed E-state index contributed by atoms with van der Waals surface area (Å²) in [5.74, 6) is -1.57. The second-order valence-electron chi connectivity index (χ2n) is 12.1. The zero-order chi connectivity index (χ0) is 31.5. The van der Waals surface area contributed by atoms with Gasteiger partial charge in [-0.3, -0.25) is 19.2 Å². The quantitative estimate of drug-likeness (QED) is 0.121. The molecule has 3 amide bonds. The molecule has 44 heavy (non-hydrogen) atoms. The first-order valence-corrected chi connectivity index (χ1v) is 15.4. The van der Waals surface area contributed by atoms with Crippen molar-refractivity contribution in [2.75, 3.05) is 6.61 Å². The van der Waals surface area contributed by atoms with Gasteiger partial charge in [0.1, 0.15) is 23.7 Å². The molecule has 5 atom stereocenters. The number of hydrogen-bond donors (Lipinski definition) is 3. The Hall–Kier alpha value is -4.21. The normalized spacial score (nSPS) is 20.6. The lowest BCUT2D eigenvalue weighted by atomic mass is 9.84. The van der Waals surface area contributed by atoms with Crippen molar-refractivity contribution in [1.82, 2.24) is 16.0 Å². The molecule has 11 nitrogen and oxygen atoms in total. The first-order chi connectivity index (χ1) is 21.2. The Morgan fingerprint density at radius 3 is 1.98 bits per heavy atom. The van der Waals surface area contributed by atoms with Crippen LogP contribution in [0.2, 0.25) is 0 Å². The van der Waals surface area contributed by atoms with Crippen LogP contribution >= 0.6 is 0 Å². The van der Waals surface area contributed by atoms with Gasteiger partial charge in [-0.15, -0.1) is 0 Å². The van der Waals surface area contributed by atoms with Gasteiger partial charge in [0, 0.05) is 11.3 Å². The fourth-order valence-electron chi connectivity index (χ4n) is 5.76. The third kappa shape index (κ3) is 9.39. The molecule has 2 aromatic carbocycles. The molecule has 3 N–H and O–H groups in total. The van der Waals surface area contributed by atoms with Crippen LogP contribution in [-0.4, -0.2) is 59.9 Å². The van der Waals surface area contributed by atoms with Gasteiger partial charge in [-0.25, -0.2) is 0 Å². The van der Waals surface area contributed by atoms with E-state index in [9.17, 15) is 24.7 Å². The van der Waals surface area contributed by atoms with Gasteiger partial charge in [0.05, 0.1) is 12.6 Å². The highest BCUT2D eigenvalue weighted by Gasteiger charge is 2.49. The number of nitrogens with one attached hydrogen (secondary N) is 3. The third-order valence-electron chi connectivity index (χ3n) is 8.46. The summed E-state index contributed by atoms with van der Waals surface area (Å²) in [5.41, 5.74) is 9.92. The number of nitrogens with zero attached hydrogens (tertiary/aromatic N) is 3. The molecule has 1 saturated heterocycles. The molecule has 0 bridgehead atoms. The van der Waals surface area contributed by atoms with Gasteiger partial charge in [0.25, 0.3) is 0 Å². The zero-order valence-corrected chi connectivity index (χ0v) is 25.4. The number of rotatable bonds is 15. The third-order valence-corrected chi connectivity index (χ3v) is 8.46. The number of hydrogen-bond acceptors (Lipinski definition) is 6. The summed E-state index contributed by atoms with van der Waals surface area (Å²) < 4.78 is 5.26. The Balaban J connectivity index is 1.52. The molecule has 1 saturated carbocycles. The van der Waals surface area contributed by atoms with Gasteiger partial charge >= 0.3 is 0 Å².